The lowest BCUT2D eigenvalue weighted by Gasteiger charge is -2.15. The lowest BCUT2D eigenvalue weighted by molar-refractivity contribution is -0.115. The lowest BCUT2D eigenvalue weighted by atomic mass is 10.1. The van der Waals surface area contributed by atoms with Crippen LogP contribution in [0.4, 0.5) is 17.1 Å². The van der Waals surface area contributed by atoms with Gasteiger partial charge in [-0.3, -0.25) is 19.2 Å². The molecule has 10 heteroatoms. The van der Waals surface area contributed by atoms with Crippen molar-refractivity contribution in [2.75, 3.05) is 29.6 Å². The Kier molecular flexibility index (Phi) is 10.6. The third-order valence-corrected chi connectivity index (χ3v) is 7.61. The molecule has 224 valence electrons. The topological polar surface area (TPSA) is 134 Å². The van der Waals surface area contributed by atoms with E-state index in [0.29, 0.717) is 16.9 Å². The molecule has 0 radical (unpaired) electrons. The minimum absolute atomic E-state index is 0.0800. The smallest absolute Gasteiger partial charge is 0.272 e. The molecule has 0 aliphatic heterocycles. The molecule has 4 amide bonds. The summed E-state index contributed by atoms with van der Waals surface area (Å²) in [6, 6.07) is 29.8. The third kappa shape index (κ3) is 8.59. The predicted octanol–water partition coefficient (Wildman–Crippen LogP) is 5.38. The Morgan fingerprint density at radius 3 is 2.07 bits per heavy atom. The molecule has 9 nitrogen and oxygen atoms in total. The van der Waals surface area contributed by atoms with Crippen LogP contribution in [0, 0.1) is 0 Å². The minimum atomic E-state index is -0.626. The zero-order valence-electron chi connectivity index (χ0n) is 24.5. The second-order valence-corrected chi connectivity index (χ2v) is 11.4. The first-order chi connectivity index (χ1) is 21.1. The number of rotatable bonds is 11. The van der Waals surface area contributed by atoms with E-state index in [1.54, 1.807) is 85.8 Å². The molecular weight excluding hydrogens is 574 g/mol. The van der Waals surface area contributed by atoms with Gasteiger partial charge < -0.3 is 26.6 Å². The second-order valence-electron chi connectivity index (χ2n) is 10.0. The summed E-state index contributed by atoms with van der Waals surface area (Å²) in [6.45, 7) is 1.75. The van der Waals surface area contributed by atoms with E-state index in [4.69, 9.17) is 5.73 Å². The summed E-state index contributed by atoms with van der Waals surface area (Å²) in [6.07, 6.45) is 1.62. The molecule has 0 aromatic heterocycles. The number of carbonyl (C=O) groups excluding carboxylic acids is 4. The van der Waals surface area contributed by atoms with E-state index in [1.807, 2.05) is 49.3 Å². The zero-order chi connectivity index (χ0) is 31.6. The Balaban J connectivity index is 1.45. The highest BCUT2D eigenvalue weighted by atomic mass is 32.2. The minimum Gasteiger partial charge on any atom is -0.378 e. The van der Waals surface area contributed by atoms with Gasteiger partial charge in [0.1, 0.15) is 5.70 Å². The summed E-state index contributed by atoms with van der Waals surface area (Å²) in [7, 11) is 3.88. The van der Waals surface area contributed by atoms with Crippen molar-refractivity contribution in [1.29, 1.82) is 0 Å². The van der Waals surface area contributed by atoms with E-state index in [0.717, 1.165) is 16.1 Å². The fourth-order valence-electron chi connectivity index (χ4n) is 4.09. The van der Waals surface area contributed by atoms with Crippen LogP contribution in [0.5, 0.6) is 0 Å². The Morgan fingerprint density at radius 1 is 0.795 bits per heavy atom. The average Bonchev–Trinajstić information content (AvgIpc) is 3.02. The molecule has 4 aromatic carbocycles. The average molecular weight is 608 g/mol. The maximum atomic E-state index is 13.4. The van der Waals surface area contributed by atoms with Crippen molar-refractivity contribution in [1.82, 2.24) is 5.32 Å². The van der Waals surface area contributed by atoms with Crippen molar-refractivity contribution in [3.8, 4) is 0 Å². The molecule has 0 aliphatic rings. The number of amides is 4. The van der Waals surface area contributed by atoms with Crippen LogP contribution in [-0.4, -0.2) is 43.0 Å². The molecule has 4 aromatic rings. The Morgan fingerprint density at radius 2 is 1.43 bits per heavy atom. The van der Waals surface area contributed by atoms with Crippen molar-refractivity contribution in [2.24, 2.45) is 5.73 Å². The summed E-state index contributed by atoms with van der Waals surface area (Å²) < 4.78 is 0. The summed E-state index contributed by atoms with van der Waals surface area (Å²) >= 11 is 1.32. The highest BCUT2D eigenvalue weighted by molar-refractivity contribution is 8.00. The van der Waals surface area contributed by atoms with E-state index in [-0.39, 0.29) is 17.2 Å². The normalized spacial score (nSPS) is 11.7. The van der Waals surface area contributed by atoms with Crippen LogP contribution in [0.1, 0.15) is 33.2 Å². The van der Waals surface area contributed by atoms with Crippen LogP contribution in [0.2, 0.25) is 0 Å². The van der Waals surface area contributed by atoms with Gasteiger partial charge in [0.15, 0.2) is 0 Å². The van der Waals surface area contributed by atoms with E-state index in [9.17, 15) is 19.2 Å². The van der Waals surface area contributed by atoms with Gasteiger partial charge in [-0.15, -0.1) is 11.8 Å². The van der Waals surface area contributed by atoms with Gasteiger partial charge in [0.2, 0.25) is 5.91 Å². The molecule has 0 saturated heterocycles. The zero-order valence-corrected chi connectivity index (χ0v) is 25.4. The van der Waals surface area contributed by atoms with Gasteiger partial charge >= 0.3 is 0 Å². The largest absolute Gasteiger partial charge is 0.378 e. The molecule has 44 heavy (non-hydrogen) atoms. The number of benzene rings is 4. The van der Waals surface area contributed by atoms with Crippen molar-refractivity contribution in [3.63, 3.8) is 0 Å². The predicted molar refractivity (Wildman–Crippen MR) is 177 cm³/mol. The standard InChI is InChI=1S/C34H33N5O4S/c1-22(32(41)37-29-12-8-7-11-28(29)31(35)40)44-27-19-15-25(16-20-27)36-34(43)30(38-33(42)24-9-5-4-6-10-24)21-23-13-17-26(18-14-23)39(2)3/h4-22H,1-3H3,(H2,35,40)(H,36,43)(H,37,41)(H,38,42)/b30-21-. The summed E-state index contributed by atoms with van der Waals surface area (Å²) in [5.41, 5.74) is 8.75. The highest BCUT2D eigenvalue weighted by Crippen LogP contribution is 2.26. The quantitative estimate of drug-likeness (QED) is 0.134. The first-order valence-electron chi connectivity index (χ1n) is 13.7. The van der Waals surface area contributed by atoms with Gasteiger partial charge in [-0.1, -0.05) is 42.5 Å². The van der Waals surface area contributed by atoms with Gasteiger partial charge in [-0.05, 0) is 79.2 Å². The first-order valence-corrected chi connectivity index (χ1v) is 14.6. The van der Waals surface area contributed by atoms with Crippen molar-refractivity contribution in [3.05, 3.63) is 126 Å². The Bertz CT molecular complexity index is 1670. The van der Waals surface area contributed by atoms with Gasteiger partial charge in [-0.25, -0.2) is 0 Å². The number of para-hydroxylation sites is 1. The number of hydrogen-bond acceptors (Lipinski definition) is 6. The first kappa shape index (κ1) is 31.6. The number of nitrogens with one attached hydrogen (secondary N) is 3. The molecule has 0 fully saturated rings. The number of primary amides is 1. The van der Waals surface area contributed by atoms with E-state index >= 15 is 0 Å². The fraction of sp³-hybridized carbons (Fsp3) is 0.118. The van der Waals surface area contributed by atoms with Gasteiger partial charge in [0.05, 0.1) is 16.5 Å². The maximum absolute atomic E-state index is 13.4. The van der Waals surface area contributed by atoms with Crippen LogP contribution in [-0.2, 0) is 9.59 Å². The third-order valence-electron chi connectivity index (χ3n) is 6.49. The van der Waals surface area contributed by atoms with Crippen molar-refractivity contribution in [2.45, 2.75) is 17.1 Å². The van der Waals surface area contributed by atoms with Gasteiger partial charge in [0.25, 0.3) is 17.7 Å². The molecule has 1 atom stereocenters. The molecule has 0 aliphatic carbocycles. The molecule has 5 N–H and O–H groups in total. The number of anilines is 3. The Labute approximate surface area is 260 Å². The van der Waals surface area contributed by atoms with Crippen LogP contribution in [0.25, 0.3) is 6.08 Å². The molecular formula is C34H33N5O4S. The SMILES string of the molecule is CC(Sc1ccc(NC(=O)/C(=C/c2ccc(N(C)C)cc2)NC(=O)c2ccccc2)cc1)C(=O)Nc1ccccc1C(N)=O. The molecule has 4 rings (SSSR count). The number of thioether (sulfide) groups is 1. The number of nitrogens with two attached hydrogens (primary N) is 1. The van der Waals surface area contributed by atoms with Crippen LogP contribution >= 0.6 is 11.8 Å². The molecule has 1 unspecified atom stereocenters. The second kappa shape index (κ2) is 14.7. The molecule has 0 spiro atoms. The molecule has 0 bridgehead atoms. The van der Waals surface area contributed by atoms with E-state index < -0.39 is 23.0 Å². The number of carbonyl (C=O) groups is 4. The monoisotopic (exact) mass is 607 g/mol. The summed E-state index contributed by atoms with van der Waals surface area (Å²) in [5, 5.41) is 7.85. The molecule has 0 heterocycles. The summed E-state index contributed by atoms with van der Waals surface area (Å²) in [5.74, 6) is -1.82. The number of hydrogen-bond donors (Lipinski definition) is 4. The summed E-state index contributed by atoms with van der Waals surface area (Å²) in [4.78, 5) is 53.5. The number of nitrogens with zero attached hydrogens (tertiary/aromatic N) is 1. The van der Waals surface area contributed by atoms with Crippen molar-refractivity contribution < 1.29 is 19.2 Å². The Hall–Kier alpha value is -5.35. The van der Waals surface area contributed by atoms with Crippen LogP contribution in [0.3, 0.4) is 0 Å². The van der Waals surface area contributed by atoms with Gasteiger partial charge in [0, 0.05) is 35.9 Å². The van der Waals surface area contributed by atoms with Crippen molar-refractivity contribution >= 4 is 58.5 Å². The maximum Gasteiger partial charge on any atom is 0.272 e. The van der Waals surface area contributed by atoms with Gasteiger partial charge in [-0.2, -0.15) is 0 Å². The van der Waals surface area contributed by atoms with Crippen LogP contribution < -0.4 is 26.6 Å². The lowest BCUT2D eigenvalue weighted by Crippen LogP contribution is -2.30. The van der Waals surface area contributed by atoms with Crippen LogP contribution in [0.15, 0.2) is 114 Å². The fourth-order valence-corrected chi connectivity index (χ4v) is 4.96. The molecule has 0 saturated carbocycles. The van der Waals surface area contributed by atoms with E-state index in [2.05, 4.69) is 16.0 Å². The highest BCUT2D eigenvalue weighted by Gasteiger charge is 2.18. The van der Waals surface area contributed by atoms with E-state index in [1.165, 1.54) is 11.8 Å².